The van der Waals surface area contributed by atoms with E-state index < -0.39 is 6.04 Å². The van der Waals surface area contributed by atoms with Crippen LogP contribution < -0.4 is 10.6 Å². The van der Waals surface area contributed by atoms with E-state index in [1.165, 1.54) is 6.42 Å². The smallest absolute Gasteiger partial charge is 0.242 e. The molecule has 1 aliphatic rings. The van der Waals surface area contributed by atoms with Gasteiger partial charge in [-0.2, -0.15) is 11.8 Å². The first kappa shape index (κ1) is 19.3. The van der Waals surface area contributed by atoms with E-state index in [4.69, 9.17) is 5.11 Å². The van der Waals surface area contributed by atoms with Crippen LogP contribution in [0.25, 0.3) is 0 Å². The van der Waals surface area contributed by atoms with Gasteiger partial charge in [-0.15, -0.1) is 0 Å². The Labute approximate surface area is 138 Å². The SMILES string of the molecule is CSCC[C@H](NC(=O)C1C[C@@H](C)C[C@@H](C)C1)C(=O)NCCO. The Morgan fingerprint density at radius 1 is 1.23 bits per heavy atom. The standard InChI is InChI=1S/C16H30N2O3S/c1-11-8-12(2)10-13(9-11)15(20)18-14(4-7-22-3)16(21)17-5-6-19/h11-14,19H,4-10H2,1-3H3,(H,17,21)(H,18,20)/t11-,12+,13?,14-/m0/s1. The fraction of sp³-hybridized carbons (Fsp3) is 0.875. The van der Waals surface area contributed by atoms with Gasteiger partial charge in [-0.3, -0.25) is 9.59 Å². The molecule has 1 saturated carbocycles. The van der Waals surface area contributed by atoms with E-state index in [-0.39, 0.29) is 30.9 Å². The molecule has 0 aromatic rings. The monoisotopic (exact) mass is 330 g/mol. The van der Waals surface area contributed by atoms with Gasteiger partial charge >= 0.3 is 0 Å². The van der Waals surface area contributed by atoms with Crippen LogP contribution in [0, 0.1) is 17.8 Å². The van der Waals surface area contributed by atoms with Crippen molar-refractivity contribution >= 4 is 23.6 Å². The Kier molecular flexibility index (Phi) is 8.86. The van der Waals surface area contributed by atoms with Gasteiger partial charge in [0.05, 0.1) is 6.61 Å². The molecular weight excluding hydrogens is 300 g/mol. The molecule has 0 saturated heterocycles. The highest BCUT2D eigenvalue weighted by atomic mass is 32.2. The van der Waals surface area contributed by atoms with Crippen molar-refractivity contribution in [2.45, 2.75) is 45.6 Å². The van der Waals surface area contributed by atoms with E-state index in [2.05, 4.69) is 24.5 Å². The molecule has 0 spiro atoms. The Morgan fingerprint density at radius 2 is 1.86 bits per heavy atom. The molecule has 2 amide bonds. The van der Waals surface area contributed by atoms with E-state index >= 15 is 0 Å². The van der Waals surface area contributed by atoms with Gasteiger partial charge in [0.15, 0.2) is 0 Å². The molecule has 0 aliphatic heterocycles. The maximum atomic E-state index is 12.5. The predicted octanol–water partition coefficient (Wildman–Crippen LogP) is 1.41. The van der Waals surface area contributed by atoms with Crippen molar-refractivity contribution in [3.63, 3.8) is 0 Å². The third kappa shape index (κ3) is 6.57. The molecule has 0 bridgehead atoms. The summed E-state index contributed by atoms with van der Waals surface area (Å²) >= 11 is 1.65. The number of carbonyl (C=O) groups excluding carboxylic acids is 2. The summed E-state index contributed by atoms with van der Waals surface area (Å²) in [7, 11) is 0. The van der Waals surface area contributed by atoms with Gasteiger partial charge in [-0.1, -0.05) is 13.8 Å². The zero-order chi connectivity index (χ0) is 16.5. The molecule has 5 nitrogen and oxygen atoms in total. The number of rotatable bonds is 8. The van der Waals surface area contributed by atoms with Crippen LogP contribution in [0.15, 0.2) is 0 Å². The fourth-order valence-electron chi connectivity index (χ4n) is 3.26. The number of aliphatic hydroxyl groups excluding tert-OH is 1. The van der Waals surface area contributed by atoms with Gasteiger partial charge in [-0.05, 0) is 49.5 Å². The molecule has 1 aliphatic carbocycles. The summed E-state index contributed by atoms with van der Waals surface area (Å²) in [6, 6.07) is -0.501. The van der Waals surface area contributed by atoms with Gasteiger partial charge in [0.1, 0.15) is 6.04 Å². The molecule has 1 fully saturated rings. The van der Waals surface area contributed by atoms with Crippen LogP contribution in [0.5, 0.6) is 0 Å². The van der Waals surface area contributed by atoms with Crippen LogP contribution in [0.2, 0.25) is 0 Å². The summed E-state index contributed by atoms with van der Waals surface area (Å²) in [4.78, 5) is 24.6. The second kappa shape index (κ2) is 10.1. The number of hydrogen-bond acceptors (Lipinski definition) is 4. The summed E-state index contributed by atoms with van der Waals surface area (Å²) in [5, 5.41) is 14.4. The lowest BCUT2D eigenvalue weighted by atomic mass is 9.76. The average molecular weight is 330 g/mol. The lowest BCUT2D eigenvalue weighted by Gasteiger charge is -2.31. The number of amides is 2. The molecule has 0 aromatic heterocycles. The number of hydrogen-bond donors (Lipinski definition) is 3. The van der Waals surface area contributed by atoms with Gasteiger partial charge in [0, 0.05) is 12.5 Å². The highest BCUT2D eigenvalue weighted by molar-refractivity contribution is 7.98. The first-order valence-corrected chi connectivity index (χ1v) is 9.55. The summed E-state index contributed by atoms with van der Waals surface area (Å²) in [6.07, 6.45) is 5.58. The van der Waals surface area contributed by atoms with E-state index in [0.717, 1.165) is 18.6 Å². The van der Waals surface area contributed by atoms with Crippen molar-refractivity contribution in [3.8, 4) is 0 Å². The molecule has 0 radical (unpaired) electrons. The molecule has 1 unspecified atom stereocenters. The topological polar surface area (TPSA) is 78.4 Å². The van der Waals surface area contributed by atoms with Crippen LogP contribution in [-0.2, 0) is 9.59 Å². The minimum atomic E-state index is -0.501. The van der Waals surface area contributed by atoms with Gasteiger partial charge in [0.25, 0.3) is 0 Å². The maximum absolute atomic E-state index is 12.5. The molecule has 6 heteroatoms. The Bertz CT molecular complexity index is 355. The van der Waals surface area contributed by atoms with E-state index in [1.807, 2.05) is 6.26 Å². The van der Waals surface area contributed by atoms with Crippen molar-refractivity contribution in [2.75, 3.05) is 25.2 Å². The van der Waals surface area contributed by atoms with Crippen LogP contribution >= 0.6 is 11.8 Å². The quantitative estimate of drug-likeness (QED) is 0.629. The van der Waals surface area contributed by atoms with E-state index in [1.54, 1.807) is 11.8 Å². The van der Waals surface area contributed by atoms with Gasteiger partial charge in [0.2, 0.25) is 11.8 Å². The van der Waals surface area contributed by atoms with Crippen molar-refractivity contribution in [1.82, 2.24) is 10.6 Å². The summed E-state index contributed by atoms with van der Waals surface area (Å²) in [5.41, 5.74) is 0. The third-order valence-electron chi connectivity index (χ3n) is 4.20. The highest BCUT2D eigenvalue weighted by Crippen LogP contribution is 2.32. The summed E-state index contributed by atoms with van der Waals surface area (Å²) in [6.45, 7) is 4.51. The van der Waals surface area contributed by atoms with E-state index in [9.17, 15) is 9.59 Å². The van der Waals surface area contributed by atoms with E-state index in [0.29, 0.717) is 18.3 Å². The molecule has 1 rings (SSSR count). The molecule has 3 N–H and O–H groups in total. The van der Waals surface area contributed by atoms with Crippen molar-refractivity contribution in [2.24, 2.45) is 17.8 Å². The lowest BCUT2D eigenvalue weighted by Crippen LogP contribution is -2.50. The Balaban J connectivity index is 2.59. The minimum Gasteiger partial charge on any atom is -0.395 e. The van der Waals surface area contributed by atoms with Crippen LogP contribution in [-0.4, -0.2) is 48.1 Å². The number of aliphatic hydroxyl groups is 1. The first-order valence-electron chi connectivity index (χ1n) is 8.15. The highest BCUT2D eigenvalue weighted by Gasteiger charge is 2.31. The molecule has 0 heterocycles. The third-order valence-corrected chi connectivity index (χ3v) is 4.85. The minimum absolute atomic E-state index is 0.00338. The first-order chi connectivity index (χ1) is 10.5. The fourth-order valence-corrected chi connectivity index (χ4v) is 3.73. The number of thioether (sulfide) groups is 1. The van der Waals surface area contributed by atoms with Crippen LogP contribution in [0.3, 0.4) is 0 Å². The maximum Gasteiger partial charge on any atom is 0.242 e. The lowest BCUT2D eigenvalue weighted by molar-refractivity contribution is -0.132. The van der Waals surface area contributed by atoms with Gasteiger partial charge in [-0.25, -0.2) is 0 Å². The zero-order valence-electron chi connectivity index (χ0n) is 13.9. The van der Waals surface area contributed by atoms with Crippen molar-refractivity contribution in [3.05, 3.63) is 0 Å². The Morgan fingerprint density at radius 3 is 2.41 bits per heavy atom. The number of nitrogens with one attached hydrogen (secondary N) is 2. The second-order valence-electron chi connectivity index (χ2n) is 6.47. The second-order valence-corrected chi connectivity index (χ2v) is 7.46. The normalized spacial score (nSPS) is 26.3. The summed E-state index contributed by atoms with van der Waals surface area (Å²) in [5.74, 6) is 1.76. The zero-order valence-corrected chi connectivity index (χ0v) is 14.7. The molecule has 0 aromatic carbocycles. The average Bonchev–Trinajstić information content (AvgIpc) is 2.47. The van der Waals surface area contributed by atoms with Crippen molar-refractivity contribution in [1.29, 1.82) is 0 Å². The predicted molar refractivity (Wildman–Crippen MR) is 90.7 cm³/mol. The van der Waals surface area contributed by atoms with Gasteiger partial charge < -0.3 is 15.7 Å². The molecular formula is C16H30N2O3S. The molecule has 128 valence electrons. The number of carbonyl (C=O) groups is 2. The largest absolute Gasteiger partial charge is 0.395 e. The summed E-state index contributed by atoms with van der Waals surface area (Å²) < 4.78 is 0. The molecule has 4 atom stereocenters. The van der Waals surface area contributed by atoms with Crippen molar-refractivity contribution < 1.29 is 14.7 Å². The van der Waals surface area contributed by atoms with Crippen LogP contribution in [0.1, 0.15) is 39.5 Å². The molecule has 22 heavy (non-hydrogen) atoms. The Hall–Kier alpha value is -0.750. The van der Waals surface area contributed by atoms with Crippen LogP contribution in [0.4, 0.5) is 0 Å².